The van der Waals surface area contributed by atoms with E-state index in [0.29, 0.717) is 5.71 Å². The summed E-state index contributed by atoms with van der Waals surface area (Å²) in [6, 6.07) is 4.90. The molecule has 2 unspecified atom stereocenters. The second-order valence-corrected chi connectivity index (χ2v) is 5.98. The van der Waals surface area contributed by atoms with Gasteiger partial charge in [0.15, 0.2) is 0 Å². The molecule has 138 valence electrons. The van der Waals surface area contributed by atoms with Crippen LogP contribution in [-0.2, 0) is 25.2 Å². The van der Waals surface area contributed by atoms with Gasteiger partial charge in [-0.15, -0.1) is 0 Å². The second kappa shape index (κ2) is 6.59. The minimum atomic E-state index is -4.64. The standard InChI is InChI=1S/C18H16F3NO4/c1-3-25-16(23)13-9(2)22-12-8-26-17(24)15(12)14(13)10-6-4-5-7-11(10)18(19,20)21/h4-7,13-14H,3,8H2,1-2H3. The van der Waals surface area contributed by atoms with Gasteiger partial charge in [-0.2, -0.15) is 13.2 Å². The Morgan fingerprint density at radius 1 is 1.35 bits per heavy atom. The van der Waals surface area contributed by atoms with Gasteiger partial charge in [-0.3, -0.25) is 9.79 Å². The lowest BCUT2D eigenvalue weighted by Crippen LogP contribution is -2.36. The van der Waals surface area contributed by atoms with Crippen molar-refractivity contribution >= 4 is 17.7 Å². The first-order valence-electron chi connectivity index (χ1n) is 8.03. The molecule has 2 aliphatic rings. The topological polar surface area (TPSA) is 65.0 Å². The van der Waals surface area contributed by atoms with Gasteiger partial charge in [-0.25, -0.2) is 4.79 Å². The second-order valence-electron chi connectivity index (χ2n) is 5.98. The largest absolute Gasteiger partial charge is 0.465 e. The highest BCUT2D eigenvalue weighted by molar-refractivity contribution is 6.07. The van der Waals surface area contributed by atoms with Crippen LogP contribution in [0.4, 0.5) is 13.2 Å². The summed E-state index contributed by atoms with van der Waals surface area (Å²) in [5.74, 6) is -3.76. The molecule has 0 N–H and O–H groups in total. The number of aliphatic imine (C=N–C) groups is 1. The summed E-state index contributed by atoms with van der Waals surface area (Å²) in [5.41, 5.74) is -0.526. The molecule has 0 radical (unpaired) electrons. The lowest BCUT2D eigenvalue weighted by molar-refractivity contribution is -0.147. The number of hydrogen-bond donors (Lipinski definition) is 0. The van der Waals surface area contributed by atoms with Crippen LogP contribution in [0.3, 0.4) is 0 Å². The van der Waals surface area contributed by atoms with Crippen molar-refractivity contribution in [2.24, 2.45) is 10.9 Å². The maximum atomic E-state index is 13.5. The Bertz CT molecular complexity index is 826. The molecular weight excluding hydrogens is 351 g/mol. The van der Waals surface area contributed by atoms with Gasteiger partial charge in [0.05, 0.1) is 23.4 Å². The average Bonchev–Trinajstić information content (AvgIpc) is 2.93. The normalized spacial score (nSPS) is 22.7. The Balaban J connectivity index is 2.22. The zero-order valence-corrected chi connectivity index (χ0v) is 14.1. The number of cyclic esters (lactones) is 1. The molecule has 26 heavy (non-hydrogen) atoms. The highest BCUT2D eigenvalue weighted by Crippen LogP contribution is 2.46. The van der Waals surface area contributed by atoms with Crippen LogP contribution in [0, 0.1) is 5.92 Å². The van der Waals surface area contributed by atoms with Crippen LogP contribution in [0.5, 0.6) is 0 Å². The molecule has 2 heterocycles. The zero-order valence-electron chi connectivity index (χ0n) is 14.1. The van der Waals surface area contributed by atoms with E-state index >= 15 is 0 Å². The maximum Gasteiger partial charge on any atom is 0.416 e. The van der Waals surface area contributed by atoms with Crippen LogP contribution in [0.15, 0.2) is 40.5 Å². The predicted molar refractivity (Wildman–Crippen MR) is 85.4 cm³/mol. The summed E-state index contributed by atoms with van der Waals surface area (Å²) in [5, 5.41) is 0. The molecule has 0 spiro atoms. The van der Waals surface area contributed by atoms with Gasteiger partial charge < -0.3 is 9.47 Å². The third-order valence-electron chi connectivity index (χ3n) is 4.42. The molecule has 0 saturated heterocycles. The van der Waals surface area contributed by atoms with Crippen molar-refractivity contribution in [3.63, 3.8) is 0 Å². The molecule has 0 bridgehead atoms. The van der Waals surface area contributed by atoms with E-state index in [1.807, 2.05) is 0 Å². The van der Waals surface area contributed by atoms with Crippen molar-refractivity contribution in [1.82, 2.24) is 0 Å². The van der Waals surface area contributed by atoms with E-state index in [-0.39, 0.29) is 30.0 Å². The van der Waals surface area contributed by atoms with Crippen LogP contribution in [-0.4, -0.2) is 30.9 Å². The summed E-state index contributed by atoms with van der Waals surface area (Å²) in [6.45, 7) is 3.08. The van der Waals surface area contributed by atoms with Gasteiger partial charge in [-0.1, -0.05) is 18.2 Å². The maximum absolute atomic E-state index is 13.5. The van der Waals surface area contributed by atoms with Crippen molar-refractivity contribution in [3.05, 3.63) is 46.7 Å². The van der Waals surface area contributed by atoms with Crippen molar-refractivity contribution in [2.45, 2.75) is 25.9 Å². The fourth-order valence-corrected chi connectivity index (χ4v) is 3.40. The Kier molecular flexibility index (Phi) is 4.60. The lowest BCUT2D eigenvalue weighted by Gasteiger charge is -2.30. The molecule has 0 aliphatic carbocycles. The molecule has 3 rings (SSSR count). The van der Waals surface area contributed by atoms with E-state index in [4.69, 9.17) is 9.47 Å². The lowest BCUT2D eigenvalue weighted by atomic mass is 9.74. The summed E-state index contributed by atoms with van der Waals surface area (Å²) < 4.78 is 50.6. The highest BCUT2D eigenvalue weighted by atomic mass is 19.4. The number of carbonyl (C=O) groups excluding carboxylic acids is 2. The van der Waals surface area contributed by atoms with Gasteiger partial charge >= 0.3 is 18.1 Å². The zero-order chi connectivity index (χ0) is 19.1. The predicted octanol–water partition coefficient (Wildman–Crippen LogP) is 3.25. The fraction of sp³-hybridized carbons (Fsp3) is 0.389. The van der Waals surface area contributed by atoms with Crippen LogP contribution < -0.4 is 0 Å². The molecule has 1 aromatic carbocycles. The molecule has 1 aromatic rings. The Morgan fingerprint density at radius 2 is 2.04 bits per heavy atom. The Labute approximate surface area is 147 Å². The smallest absolute Gasteiger partial charge is 0.416 e. The molecule has 0 amide bonds. The summed E-state index contributed by atoms with van der Waals surface area (Å²) in [4.78, 5) is 28.9. The molecule has 2 aliphatic heterocycles. The van der Waals surface area contributed by atoms with E-state index in [0.717, 1.165) is 6.07 Å². The number of benzene rings is 1. The van der Waals surface area contributed by atoms with Crippen LogP contribution in [0.1, 0.15) is 30.9 Å². The molecule has 0 fully saturated rings. The number of ether oxygens (including phenoxy) is 2. The first-order chi connectivity index (χ1) is 12.3. The van der Waals surface area contributed by atoms with Crippen LogP contribution >= 0.6 is 0 Å². The summed E-state index contributed by atoms with van der Waals surface area (Å²) in [7, 11) is 0. The average molecular weight is 367 g/mol. The molecule has 5 nitrogen and oxygen atoms in total. The number of rotatable bonds is 3. The molecule has 8 heteroatoms. The van der Waals surface area contributed by atoms with Crippen molar-refractivity contribution in [2.75, 3.05) is 13.2 Å². The monoisotopic (exact) mass is 367 g/mol. The van der Waals surface area contributed by atoms with E-state index in [1.54, 1.807) is 6.92 Å². The third kappa shape index (κ3) is 3.00. The number of halogens is 3. The van der Waals surface area contributed by atoms with Gasteiger partial charge in [0, 0.05) is 11.6 Å². The fourth-order valence-electron chi connectivity index (χ4n) is 3.40. The minimum Gasteiger partial charge on any atom is -0.465 e. The van der Waals surface area contributed by atoms with Crippen molar-refractivity contribution in [3.8, 4) is 0 Å². The van der Waals surface area contributed by atoms with Gasteiger partial charge in [0.2, 0.25) is 0 Å². The first-order valence-corrected chi connectivity index (χ1v) is 8.03. The van der Waals surface area contributed by atoms with Crippen LogP contribution in [0.2, 0.25) is 0 Å². The number of alkyl halides is 3. The Morgan fingerprint density at radius 3 is 2.69 bits per heavy atom. The number of carbonyl (C=O) groups is 2. The summed E-state index contributed by atoms with van der Waals surface area (Å²) in [6.07, 6.45) is -4.64. The third-order valence-corrected chi connectivity index (χ3v) is 4.42. The van der Waals surface area contributed by atoms with Crippen LogP contribution in [0.25, 0.3) is 0 Å². The SMILES string of the molecule is CCOC(=O)C1C(C)=NC2=C(C(=O)OC2)C1c1ccccc1C(F)(F)F. The molecular formula is C18H16F3NO4. The number of esters is 2. The van der Waals surface area contributed by atoms with E-state index in [1.165, 1.54) is 25.1 Å². The van der Waals surface area contributed by atoms with E-state index in [2.05, 4.69) is 4.99 Å². The first kappa shape index (κ1) is 18.2. The van der Waals surface area contributed by atoms with Crippen molar-refractivity contribution < 1.29 is 32.2 Å². The summed E-state index contributed by atoms with van der Waals surface area (Å²) >= 11 is 0. The number of nitrogens with zero attached hydrogens (tertiary/aromatic N) is 1. The van der Waals surface area contributed by atoms with Crippen molar-refractivity contribution in [1.29, 1.82) is 0 Å². The molecule has 0 aromatic heterocycles. The Hall–Kier alpha value is -2.64. The quantitative estimate of drug-likeness (QED) is 0.770. The van der Waals surface area contributed by atoms with Gasteiger partial charge in [0.1, 0.15) is 12.5 Å². The number of hydrogen-bond acceptors (Lipinski definition) is 5. The molecule has 0 saturated carbocycles. The van der Waals surface area contributed by atoms with E-state index < -0.39 is 35.5 Å². The van der Waals surface area contributed by atoms with E-state index in [9.17, 15) is 22.8 Å². The van der Waals surface area contributed by atoms with Gasteiger partial charge in [0.25, 0.3) is 0 Å². The molecule has 2 atom stereocenters. The van der Waals surface area contributed by atoms with Gasteiger partial charge in [-0.05, 0) is 25.5 Å². The highest BCUT2D eigenvalue weighted by Gasteiger charge is 2.48. The minimum absolute atomic E-state index is 0.00893.